The molecule has 2 heterocycles. The molecule has 0 spiro atoms. The number of anilines is 1. The van der Waals surface area contributed by atoms with Crippen LogP contribution in [0.1, 0.15) is 19.0 Å². The summed E-state index contributed by atoms with van der Waals surface area (Å²) in [6.07, 6.45) is 4.99. The fourth-order valence-corrected chi connectivity index (χ4v) is 2.35. The summed E-state index contributed by atoms with van der Waals surface area (Å²) in [5.74, 6) is 0.407. The molecule has 8 nitrogen and oxygen atoms in total. The second-order valence-electron chi connectivity index (χ2n) is 4.21. The normalized spacial score (nSPS) is 11.3. The topological polar surface area (TPSA) is 110 Å². The van der Waals surface area contributed by atoms with Crippen LogP contribution in [-0.2, 0) is 16.6 Å². The maximum absolute atomic E-state index is 12.1. The summed E-state index contributed by atoms with van der Waals surface area (Å²) >= 11 is 0. The van der Waals surface area contributed by atoms with E-state index in [9.17, 15) is 8.42 Å². The molecule has 112 valence electrons. The zero-order valence-electron chi connectivity index (χ0n) is 11.5. The molecule has 2 aromatic rings. The number of nitrogens with zero attached hydrogens (tertiary/aromatic N) is 4. The zero-order chi connectivity index (χ0) is 15.1. The fraction of sp³-hybridized carbons (Fsp3) is 0.333. The summed E-state index contributed by atoms with van der Waals surface area (Å²) in [6.45, 7) is 2.81. The van der Waals surface area contributed by atoms with Crippen molar-refractivity contribution < 1.29 is 8.42 Å². The summed E-state index contributed by atoms with van der Waals surface area (Å²) in [6, 6.07) is 3.37. The molecule has 0 saturated carbocycles. The van der Waals surface area contributed by atoms with Gasteiger partial charge < -0.3 is 5.32 Å². The lowest BCUT2D eigenvalue weighted by Crippen LogP contribution is -2.24. The molecule has 0 aromatic carbocycles. The van der Waals surface area contributed by atoms with Crippen molar-refractivity contribution in [2.24, 2.45) is 0 Å². The third-order valence-electron chi connectivity index (χ3n) is 2.54. The van der Waals surface area contributed by atoms with Crippen LogP contribution in [0.15, 0.2) is 35.6 Å². The molecule has 0 aliphatic carbocycles. The molecule has 0 radical (unpaired) electrons. The maximum Gasteiger partial charge on any atom is 0.244 e. The standard InChI is InChI=1S/C12H16N6O2S/c1-2-5-13-12-14-8-11(9-15-12)21(19,20)17-7-10-4-3-6-16-18-10/h3-4,6,8-9,17H,2,5,7H2,1H3,(H,13,14,15). The van der Waals surface area contributed by atoms with Crippen molar-refractivity contribution >= 4 is 16.0 Å². The second kappa shape index (κ2) is 7.04. The summed E-state index contributed by atoms with van der Waals surface area (Å²) < 4.78 is 26.6. The van der Waals surface area contributed by atoms with Gasteiger partial charge in [0.25, 0.3) is 0 Å². The van der Waals surface area contributed by atoms with E-state index in [-0.39, 0.29) is 11.4 Å². The van der Waals surface area contributed by atoms with Crippen molar-refractivity contribution in [1.82, 2.24) is 24.9 Å². The van der Waals surface area contributed by atoms with Crippen molar-refractivity contribution in [3.8, 4) is 0 Å². The molecule has 0 aliphatic heterocycles. The lowest BCUT2D eigenvalue weighted by atomic mass is 10.4. The Labute approximate surface area is 123 Å². The van der Waals surface area contributed by atoms with Gasteiger partial charge in [-0.1, -0.05) is 6.92 Å². The number of sulfonamides is 1. The van der Waals surface area contributed by atoms with Crippen LogP contribution in [0.3, 0.4) is 0 Å². The number of nitrogens with one attached hydrogen (secondary N) is 2. The van der Waals surface area contributed by atoms with Gasteiger partial charge in [0.15, 0.2) is 0 Å². The van der Waals surface area contributed by atoms with Gasteiger partial charge in [0, 0.05) is 12.7 Å². The quantitative estimate of drug-likeness (QED) is 0.769. The zero-order valence-corrected chi connectivity index (χ0v) is 12.3. The predicted molar refractivity (Wildman–Crippen MR) is 76.9 cm³/mol. The summed E-state index contributed by atoms with van der Waals surface area (Å²) in [4.78, 5) is 7.94. The highest BCUT2D eigenvalue weighted by Crippen LogP contribution is 2.08. The first-order chi connectivity index (χ1) is 10.1. The van der Waals surface area contributed by atoms with Crippen LogP contribution < -0.4 is 10.0 Å². The Kier molecular flexibility index (Phi) is 5.12. The van der Waals surface area contributed by atoms with Crippen molar-refractivity contribution in [3.05, 3.63) is 36.4 Å². The van der Waals surface area contributed by atoms with Crippen LogP contribution in [0.2, 0.25) is 0 Å². The molecule has 0 atom stereocenters. The first kappa shape index (κ1) is 15.3. The van der Waals surface area contributed by atoms with E-state index in [1.54, 1.807) is 12.1 Å². The van der Waals surface area contributed by atoms with Gasteiger partial charge in [-0.15, -0.1) is 0 Å². The van der Waals surface area contributed by atoms with E-state index in [0.717, 1.165) is 13.0 Å². The van der Waals surface area contributed by atoms with E-state index in [0.29, 0.717) is 11.6 Å². The van der Waals surface area contributed by atoms with Gasteiger partial charge in [-0.3, -0.25) is 0 Å². The molecule has 0 unspecified atom stereocenters. The summed E-state index contributed by atoms with van der Waals surface area (Å²) in [5.41, 5.74) is 0.531. The summed E-state index contributed by atoms with van der Waals surface area (Å²) in [5, 5.41) is 10.5. The fourth-order valence-electron chi connectivity index (χ4n) is 1.46. The third-order valence-corrected chi connectivity index (χ3v) is 3.90. The Hall–Kier alpha value is -2.13. The third kappa shape index (κ3) is 4.43. The highest BCUT2D eigenvalue weighted by atomic mass is 32.2. The number of hydrogen-bond acceptors (Lipinski definition) is 7. The lowest BCUT2D eigenvalue weighted by molar-refractivity contribution is 0.579. The Morgan fingerprint density at radius 1 is 1.24 bits per heavy atom. The van der Waals surface area contributed by atoms with E-state index in [1.807, 2.05) is 6.92 Å². The van der Waals surface area contributed by atoms with E-state index >= 15 is 0 Å². The Balaban J connectivity index is 2.02. The molecule has 0 amide bonds. The van der Waals surface area contributed by atoms with Gasteiger partial charge in [0.2, 0.25) is 16.0 Å². The monoisotopic (exact) mass is 308 g/mol. The Morgan fingerprint density at radius 2 is 2.00 bits per heavy atom. The minimum Gasteiger partial charge on any atom is -0.354 e. The maximum atomic E-state index is 12.1. The van der Waals surface area contributed by atoms with Gasteiger partial charge in [0.1, 0.15) is 4.90 Å². The molecule has 0 bridgehead atoms. The van der Waals surface area contributed by atoms with Crippen molar-refractivity contribution in [2.45, 2.75) is 24.8 Å². The lowest BCUT2D eigenvalue weighted by Gasteiger charge is -2.06. The largest absolute Gasteiger partial charge is 0.354 e. The van der Waals surface area contributed by atoms with Crippen LogP contribution in [0.4, 0.5) is 5.95 Å². The first-order valence-corrected chi connectivity index (χ1v) is 7.92. The van der Waals surface area contributed by atoms with E-state index in [2.05, 4.69) is 30.2 Å². The average molecular weight is 308 g/mol. The van der Waals surface area contributed by atoms with Crippen LogP contribution in [0, 0.1) is 0 Å². The minimum absolute atomic E-state index is 0.00781. The number of hydrogen-bond donors (Lipinski definition) is 2. The molecule has 2 N–H and O–H groups in total. The van der Waals surface area contributed by atoms with Gasteiger partial charge in [-0.2, -0.15) is 10.2 Å². The highest BCUT2D eigenvalue weighted by Gasteiger charge is 2.15. The van der Waals surface area contributed by atoms with E-state index in [1.165, 1.54) is 18.6 Å². The van der Waals surface area contributed by atoms with E-state index in [4.69, 9.17) is 0 Å². The van der Waals surface area contributed by atoms with Gasteiger partial charge in [-0.25, -0.2) is 23.1 Å². The van der Waals surface area contributed by atoms with Crippen molar-refractivity contribution in [3.63, 3.8) is 0 Å². The SMILES string of the molecule is CCCNc1ncc(S(=O)(=O)NCc2cccnn2)cn1. The van der Waals surface area contributed by atoms with Crippen molar-refractivity contribution in [1.29, 1.82) is 0 Å². The molecular formula is C12H16N6O2S. The molecule has 21 heavy (non-hydrogen) atoms. The smallest absolute Gasteiger partial charge is 0.244 e. The minimum atomic E-state index is -3.67. The molecule has 0 aliphatic rings. The predicted octanol–water partition coefficient (Wildman–Crippen LogP) is 0.567. The van der Waals surface area contributed by atoms with Crippen LogP contribution >= 0.6 is 0 Å². The number of aromatic nitrogens is 4. The van der Waals surface area contributed by atoms with Crippen LogP contribution in [0.25, 0.3) is 0 Å². The van der Waals surface area contributed by atoms with E-state index < -0.39 is 10.0 Å². The molecule has 9 heteroatoms. The number of rotatable bonds is 7. The molecule has 0 saturated heterocycles. The molecule has 0 fully saturated rings. The molecule has 2 rings (SSSR count). The first-order valence-electron chi connectivity index (χ1n) is 6.44. The van der Waals surface area contributed by atoms with Gasteiger partial charge in [-0.05, 0) is 18.6 Å². The molecular weight excluding hydrogens is 292 g/mol. The van der Waals surface area contributed by atoms with Crippen LogP contribution in [0.5, 0.6) is 0 Å². The molecule has 2 aromatic heterocycles. The Bertz CT molecular complexity index is 660. The second-order valence-corrected chi connectivity index (χ2v) is 5.98. The average Bonchev–Trinajstić information content (AvgIpc) is 2.52. The van der Waals surface area contributed by atoms with Gasteiger partial charge >= 0.3 is 0 Å². The highest BCUT2D eigenvalue weighted by molar-refractivity contribution is 7.89. The Morgan fingerprint density at radius 3 is 2.62 bits per heavy atom. The summed E-state index contributed by atoms with van der Waals surface area (Å²) in [7, 11) is -3.67. The van der Waals surface area contributed by atoms with Crippen LogP contribution in [-0.4, -0.2) is 35.1 Å². The van der Waals surface area contributed by atoms with Crippen molar-refractivity contribution in [2.75, 3.05) is 11.9 Å². The van der Waals surface area contributed by atoms with Gasteiger partial charge in [0.05, 0.1) is 24.6 Å².